The first-order valence-corrected chi connectivity index (χ1v) is 10.1. The van der Waals surface area contributed by atoms with Crippen LogP contribution < -0.4 is 20.3 Å². The number of nitrogen functional groups attached to an aromatic ring is 1. The summed E-state index contributed by atoms with van der Waals surface area (Å²) in [4.78, 5) is 13.5. The van der Waals surface area contributed by atoms with Gasteiger partial charge >= 0.3 is 0 Å². The van der Waals surface area contributed by atoms with Gasteiger partial charge in [0.25, 0.3) is 0 Å². The lowest BCUT2D eigenvalue weighted by molar-refractivity contribution is 0.415. The van der Waals surface area contributed by atoms with Gasteiger partial charge in [0.05, 0.1) is 23.8 Å². The zero-order valence-electron chi connectivity index (χ0n) is 17.7. The first-order chi connectivity index (χ1) is 14.6. The van der Waals surface area contributed by atoms with Crippen molar-refractivity contribution in [2.24, 2.45) is 0 Å². The second-order valence-electron chi connectivity index (χ2n) is 7.52. The Morgan fingerprint density at radius 3 is 2.40 bits per heavy atom. The van der Waals surface area contributed by atoms with Crippen LogP contribution in [0.5, 0.6) is 5.75 Å². The number of methoxy groups -OCH3 is 1. The third-order valence-electron chi connectivity index (χ3n) is 5.45. The van der Waals surface area contributed by atoms with E-state index in [4.69, 9.17) is 15.5 Å². The van der Waals surface area contributed by atoms with E-state index in [9.17, 15) is 0 Å². The first-order valence-electron chi connectivity index (χ1n) is 10.1. The fourth-order valence-corrected chi connectivity index (χ4v) is 3.84. The number of nitrogens with zero attached hydrogens (tertiary/aromatic N) is 4. The van der Waals surface area contributed by atoms with E-state index in [0.29, 0.717) is 0 Å². The molecule has 0 radical (unpaired) electrons. The Bertz CT molecular complexity index is 1160. The number of pyridine rings is 2. The Kier molecular flexibility index (Phi) is 5.57. The molecule has 2 aromatic heterocycles. The van der Waals surface area contributed by atoms with E-state index < -0.39 is 0 Å². The molecule has 0 unspecified atom stereocenters. The summed E-state index contributed by atoms with van der Waals surface area (Å²) < 4.78 is 5.47. The van der Waals surface area contributed by atoms with E-state index in [1.807, 2.05) is 48.8 Å². The van der Waals surface area contributed by atoms with E-state index >= 15 is 0 Å². The van der Waals surface area contributed by atoms with E-state index in [1.165, 1.54) is 5.69 Å². The van der Waals surface area contributed by atoms with E-state index in [2.05, 4.69) is 41.0 Å². The lowest BCUT2D eigenvalue weighted by atomic mass is 10.1. The van der Waals surface area contributed by atoms with Crippen LogP contribution in [0.3, 0.4) is 0 Å². The lowest BCUT2D eigenvalue weighted by Crippen LogP contribution is -2.25. The SMILES string of the molecule is COc1ccc2nc3cc(N)ccc3c(N(C)CCCN(C)c3ccncc3)c2c1. The molecule has 0 bridgehead atoms. The smallest absolute Gasteiger partial charge is 0.119 e. The molecule has 154 valence electrons. The molecule has 0 aliphatic heterocycles. The van der Waals surface area contributed by atoms with Crippen LogP contribution in [0.2, 0.25) is 0 Å². The second kappa shape index (κ2) is 8.45. The standard InChI is InChI=1S/C24H27N5O/c1-28(18-9-11-26-12-10-18)13-4-14-29(2)24-20-7-5-17(25)15-23(20)27-22-8-6-19(30-3)16-21(22)24/h5-12,15-16H,4,13-14,25H2,1-3H3. The summed E-state index contributed by atoms with van der Waals surface area (Å²) in [6, 6.07) is 16.0. The number of fused-ring (bicyclic) bond motifs is 2. The number of aromatic nitrogens is 2. The Hall–Kier alpha value is -3.54. The number of hydrogen-bond donors (Lipinski definition) is 1. The van der Waals surface area contributed by atoms with Crippen molar-refractivity contribution < 1.29 is 4.74 Å². The summed E-state index contributed by atoms with van der Waals surface area (Å²) >= 11 is 0. The zero-order valence-corrected chi connectivity index (χ0v) is 17.7. The minimum Gasteiger partial charge on any atom is -0.497 e. The van der Waals surface area contributed by atoms with Gasteiger partial charge < -0.3 is 20.3 Å². The molecule has 30 heavy (non-hydrogen) atoms. The molecule has 0 aliphatic carbocycles. The quantitative estimate of drug-likeness (QED) is 0.367. The monoisotopic (exact) mass is 401 g/mol. The molecule has 0 saturated heterocycles. The van der Waals surface area contributed by atoms with Gasteiger partial charge in [0.15, 0.2) is 0 Å². The predicted molar refractivity (Wildman–Crippen MR) is 126 cm³/mol. The Morgan fingerprint density at radius 1 is 0.867 bits per heavy atom. The number of nitrogens with two attached hydrogens (primary N) is 1. The number of ether oxygens (including phenoxy) is 1. The van der Waals surface area contributed by atoms with Gasteiger partial charge in [-0.05, 0) is 55.0 Å². The van der Waals surface area contributed by atoms with Crippen LogP contribution in [0, 0.1) is 0 Å². The van der Waals surface area contributed by atoms with Gasteiger partial charge in [-0.2, -0.15) is 0 Å². The summed E-state index contributed by atoms with van der Waals surface area (Å²) in [5.41, 5.74) is 10.9. The highest BCUT2D eigenvalue weighted by Gasteiger charge is 2.14. The summed E-state index contributed by atoms with van der Waals surface area (Å²) in [7, 11) is 5.94. The zero-order chi connectivity index (χ0) is 21.1. The molecule has 2 aromatic carbocycles. The third kappa shape index (κ3) is 3.94. The van der Waals surface area contributed by atoms with Crippen LogP contribution in [0.1, 0.15) is 6.42 Å². The van der Waals surface area contributed by atoms with Crippen molar-refractivity contribution in [1.82, 2.24) is 9.97 Å². The van der Waals surface area contributed by atoms with Crippen LogP contribution in [0.25, 0.3) is 21.8 Å². The number of hydrogen-bond acceptors (Lipinski definition) is 6. The van der Waals surface area contributed by atoms with Crippen molar-refractivity contribution in [1.29, 1.82) is 0 Å². The minimum atomic E-state index is 0.718. The van der Waals surface area contributed by atoms with Crippen molar-refractivity contribution >= 4 is 38.9 Å². The molecule has 2 N–H and O–H groups in total. The second-order valence-corrected chi connectivity index (χ2v) is 7.52. The summed E-state index contributed by atoms with van der Waals surface area (Å²) in [6.45, 7) is 1.86. The van der Waals surface area contributed by atoms with Crippen molar-refractivity contribution in [3.05, 3.63) is 60.9 Å². The molecule has 0 aliphatic rings. The highest BCUT2D eigenvalue weighted by atomic mass is 16.5. The van der Waals surface area contributed by atoms with Crippen LogP contribution in [0.15, 0.2) is 60.9 Å². The molecule has 6 nitrogen and oxygen atoms in total. The molecular weight excluding hydrogens is 374 g/mol. The predicted octanol–water partition coefficient (Wildman–Crippen LogP) is 4.34. The van der Waals surface area contributed by atoms with Gasteiger partial charge in [-0.1, -0.05) is 0 Å². The third-order valence-corrected chi connectivity index (χ3v) is 5.45. The van der Waals surface area contributed by atoms with E-state index in [-0.39, 0.29) is 0 Å². The van der Waals surface area contributed by atoms with Crippen LogP contribution in [0.4, 0.5) is 17.1 Å². The maximum Gasteiger partial charge on any atom is 0.119 e. The van der Waals surface area contributed by atoms with Crippen molar-refractivity contribution in [2.45, 2.75) is 6.42 Å². The van der Waals surface area contributed by atoms with Crippen molar-refractivity contribution in [3.63, 3.8) is 0 Å². The van der Waals surface area contributed by atoms with Gasteiger partial charge in [-0.15, -0.1) is 0 Å². The molecule has 2 heterocycles. The molecule has 4 rings (SSSR count). The van der Waals surface area contributed by atoms with Crippen molar-refractivity contribution in [2.75, 3.05) is 49.8 Å². The normalized spacial score (nSPS) is 11.0. The first kappa shape index (κ1) is 19.8. The molecule has 0 amide bonds. The van der Waals surface area contributed by atoms with Crippen LogP contribution in [-0.4, -0.2) is 44.3 Å². The Morgan fingerprint density at radius 2 is 1.63 bits per heavy atom. The fourth-order valence-electron chi connectivity index (χ4n) is 3.84. The largest absolute Gasteiger partial charge is 0.497 e. The molecular formula is C24H27N5O. The van der Waals surface area contributed by atoms with Crippen molar-refractivity contribution in [3.8, 4) is 5.75 Å². The highest BCUT2D eigenvalue weighted by molar-refractivity contribution is 6.08. The molecule has 4 aromatic rings. The van der Waals surface area contributed by atoms with Gasteiger partial charge in [-0.3, -0.25) is 4.98 Å². The van der Waals surface area contributed by atoms with Gasteiger partial charge in [-0.25, -0.2) is 4.98 Å². The van der Waals surface area contributed by atoms with Gasteiger partial charge in [0, 0.05) is 61.7 Å². The molecule has 0 saturated carbocycles. The highest BCUT2D eigenvalue weighted by Crippen LogP contribution is 2.36. The maximum absolute atomic E-state index is 6.02. The summed E-state index contributed by atoms with van der Waals surface area (Å²) in [5, 5.41) is 2.17. The number of rotatable bonds is 7. The van der Waals surface area contributed by atoms with Gasteiger partial charge in [0.2, 0.25) is 0 Å². The average Bonchev–Trinajstić information content (AvgIpc) is 2.77. The Labute approximate surface area is 176 Å². The van der Waals surface area contributed by atoms with Crippen LogP contribution >= 0.6 is 0 Å². The van der Waals surface area contributed by atoms with Gasteiger partial charge in [0.1, 0.15) is 5.75 Å². The number of benzene rings is 2. The van der Waals surface area contributed by atoms with E-state index in [0.717, 1.165) is 58.4 Å². The Balaban J connectivity index is 1.64. The molecule has 0 fully saturated rings. The maximum atomic E-state index is 6.02. The molecule has 0 spiro atoms. The topological polar surface area (TPSA) is 67.5 Å². The molecule has 0 atom stereocenters. The lowest BCUT2D eigenvalue weighted by Gasteiger charge is -2.25. The minimum absolute atomic E-state index is 0.718. The molecule has 6 heteroatoms. The number of anilines is 3. The summed E-state index contributed by atoms with van der Waals surface area (Å²) in [5.74, 6) is 0.825. The summed E-state index contributed by atoms with van der Waals surface area (Å²) in [6.07, 6.45) is 4.66. The van der Waals surface area contributed by atoms with Crippen LogP contribution in [-0.2, 0) is 0 Å². The van der Waals surface area contributed by atoms with E-state index in [1.54, 1.807) is 7.11 Å². The average molecular weight is 402 g/mol. The fraction of sp³-hybridized carbons (Fsp3) is 0.250.